The first-order valence-corrected chi connectivity index (χ1v) is 8.35. The molecule has 1 aliphatic rings. The lowest BCUT2D eigenvalue weighted by atomic mass is 9.96. The molecule has 0 amide bonds. The summed E-state index contributed by atoms with van der Waals surface area (Å²) in [7, 11) is 0. The van der Waals surface area contributed by atoms with Gasteiger partial charge in [0.25, 0.3) is 0 Å². The minimum atomic E-state index is 0.419. The molecule has 4 heteroatoms. The summed E-state index contributed by atoms with van der Waals surface area (Å²) in [5, 5.41) is 3.15. The number of nitrogens with zero attached hydrogens (tertiary/aromatic N) is 1. The van der Waals surface area contributed by atoms with Gasteiger partial charge in [-0.05, 0) is 65.2 Å². The Morgan fingerprint density at radius 2 is 1.95 bits per heavy atom. The molecule has 1 aliphatic carbocycles. The van der Waals surface area contributed by atoms with Gasteiger partial charge >= 0.3 is 0 Å². The van der Waals surface area contributed by atoms with Gasteiger partial charge in [0, 0.05) is 38.4 Å². The van der Waals surface area contributed by atoms with Crippen molar-refractivity contribution in [1.29, 1.82) is 0 Å². The van der Waals surface area contributed by atoms with Gasteiger partial charge in [-0.1, -0.05) is 0 Å². The first-order valence-electron chi connectivity index (χ1n) is 6.68. The van der Waals surface area contributed by atoms with Crippen LogP contribution in [0.25, 0.3) is 10.8 Å². The van der Waals surface area contributed by atoms with Crippen LogP contribution in [-0.2, 0) is 0 Å². The first-order chi connectivity index (χ1) is 9.22. The molecule has 1 heterocycles. The van der Waals surface area contributed by atoms with Gasteiger partial charge in [0.1, 0.15) is 0 Å². The van der Waals surface area contributed by atoms with Crippen LogP contribution in [0.5, 0.6) is 0 Å². The SMILES string of the molecule is NC1CCC(Sc2cc3ccncc3cc2Br)CC1. The Hall–Kier alpha value is -0.580. The van der Waals surface area contributed by atoms with E-state index in [0.29, 0.717) is 11.3 Å². The number of thioether (sulfide) groups is 1. The Bertz CT molecular complexity index is 579. The van der Waals surface area contributed by atoms with Crippen molar-refractivity contribution in [3.63, 3.8) is 0 Å². The molecule has 0 atom stereocenters. The van der Waals surface area contributed by atoms with Crippen molar-refractivity contribution in [3.8, 4) is 0 Å². The van der Waals surface area contributed by atoms with E-state index >= 15 is 0 Å². The molecular formula is C15H17BrN2S. The van der Waals surface area contributed by atoms with Crippen molar-refractivity contribution in [3.05, 3.63) is 35.1 Å². The van der Waals surface area contributed by atoms with Gasteiger partial charge in [0.2, 0.25) is 0 Å². The fourth-order valence-corrected chi connectivity index (χ4v) is 4.44. The molecule has 0 radical (unpaired) electrons. The summed E-state index contributed by atoms with van der Waals surface area (Å²) in [4.78, 5) is 5.50. The minimum absolute atomic E-state index is 0.419. The highest BCUT2D eigenvalue weighted by Gasteiger charge is 2.20. The monoisotopic (exact) mass is 336 g/mol. The molecule has 100 valence electrons. The van der Waals surface area contributed by atoms with E-state index in [0.717, 1.165) is 12.8 Å². The molecule has 2 nitrogen and oxygen atoms in total. The maximum Gasteiger partial charge on any atom is 0.0346 e. The molecule has 0 bridgehead atoms. The first kappa shape index (κ1) is 13.4. The summed E-state index contributed by atoms with van der Waals surface area (Å²) in [6, 6.07) is 6.92. The van der Waals surface area contributed by atoms with Crippen molar-refractivity contribution in [2.24, 2.45) is 5.73 Å². The number of hydrogen-bond donors (Lipinski definition) is 1. The highest BCUT2D eigenvalue weighted by atomic mass is 79.9. The summed E-state index contributed by atoms with van der Waals surface area (Å²) in [5.74, 6) is 0. The predicted molar refractivity (Wildman–Crippen MR) is 85.5 cm³/mol. The number of halogens is 1. The van der Waals surface area contributed by atoms with Crippen LogP contribution in [0.2, 0.25) is 0 Å². The average molecular weight is 337 g/mol. The van der Waals surface area contributed by atoms with Crippen LogP contribution < -0.4 is 5.73 Å². The van der Waals surface area contributed by atoms with Crippen molar-refractivity contribution in [2.75, 3.05) is 0 Å². The van der Waals surface area contributed by atoms with Gasteiger partial charge in [-0.25, -0.2) is 0 Å². The summed E-state index contributed by atoms with van der Waals surface area (Å²) >= 11 is 5.67. The fraction of sp³-hybridized carbons (Fsp3) is 0.400. The number of aromatic nitrogens is 1. The number of benzene rings is 1. The van der Waals surface area contributed by atoms with Crippen LogP contribution in [0.15, 0.2) is 40.0 Å². The van der Waals surface area contributed by atoms with Crippen molar-refractivity contribution >= 4 is 38.5 Å². The van der Waals surface area contributed by atoms with E-state index in [-0.39, 0.29) is 0 Å². The third-order valence-corrected chi connectivity index (χ3v) is 6.02. The molecule has 19 heavy (non-hydrogen) atoms. The van der Waals surface area contributed by atoms with Crippen molar-refractivity contribution in [2.45, 2.75) is 41.9 Å². The quantitative estimate of drug-likeness (QED) is 0.885. The van der Waals surface area contributed by atoms with E-state index in [2.05, 4.69) is 39.1 Å². The van der Waals surface area contributed by atoms with Crippen LogP contribution in [0.1, 0.15) is 25.7 Å². The van der Waals surface area contributed by atoms with Gasteiger partial charge in [-0.3, -0.25) is 4.98 Å². The molecular weight excluding hydrogens is 320 g/mol. The molecule has 2 aromatic rings. The van der Waals surface area contributed by atoms with E-state index < -0.39 is 0 Å². The summed E-state index contributed by atoms with van der Waals surface area (Å²) < 4.78 is 1.17. The smallest absolute Gasteiger partial charge is 0.0346 e. The lowest BCUT2D eigenvalue weighted by Crippen LogP contribution is -2.27. The zero-order valence-electron chi connectivity index (χ0n) is 10.7. The van der Waals surface area contributed by atoms with Crippen molar-refractivity contribution < 1.29 is 0 Å². The number of fused-ring (bicyclic) bond motifs is 1. The Morgan fingerprint density at radius 3 is 2.74 bits per heavy atom. The van der Waals surface area contributed by atoms with E-state index in [1.54, 1.807) is 0 Å². The standard InChI is InChI=1S/C15H17BrN2S/c16-14-7-11-9-18-6-5-10(11)8-15(14)19-13-3-1-12(17)2-4-13/h5-9,12-13H,1-4,17H2. The number of rotatable bonds is 2. The van der Waals surface area contributed by atoms with Gasteiger partial charge in [-0.15, -0.1) is 11.8 Å². The Balaban J connectivity index is 1.82. The highest BCUT2D eigenvalue weighted by Crippen LogP contribution is 2.38. The summed E-state index contributed by atoms with van der Waals surface area (Å²) in [6.45, 7) is 0. The van der Waals surface area contributed by atoms with Crippen LogP contribution in [-0.4, -0.2) is 16.3 Å². The molecule has 1 aromatic carbocycles. The van der Waals surface area contributed by atoms with Gasteiger partial charge in [0.05, 0.1) is 0 Å². The van der Waals surface area contributed by atoms with Gasteiger partial charge in [-0.2, -0.15) is 0 Å². The highest BCUT2D eigenvalue weighted by molar-refractivity contribution is 9.10. The Labute approximate surface area is 126 Å². The third-order valence-electron chi connectivity index (χ3n) is 3.70. The normalized spacial score (nSPS) is 23.7. The summed E-state index contributed by atoms with van der Waals surface area (Å²) in [5.41, 5.74) is 5.97. The van der Waals surface area contributed by atoms with E-state index in [1.165, 1.54) is 33.0 Å². The fourth-order valence-electron chi connectivity index (χ4n) is 2.56. The maximum atomic E-state index is 5.97. The Morgan fingerprint density at radius 1 is 1.16 bits per heavy atom. The van der Waals surface area contributed by atoms with Crippen LogP contribution in [0.4, 0.5) is 0 Å². The molecule has 1 aromatic heterocycles. The molecule has 0 spiro atoms. The molecule has 2 N–H and O–H groups in total. The molecule has 1 saturated carbocycles. The predicted octanol–water partition coefficient (Wildman–Crippen LogP) is 4.36. The van der Waals surface area contributed by atoms with E-state index in [4.69, 9.17) is 5.73 Å². The second-order valence-electron chi connectivity index (χ2n) is 5.16. The molecule has 0 aliphatic heterocycles. The van der Waals surface area contributed by atoms with Gasteiger partial charge in [0.15, 0.2) is 0 Å². The number of hydrogen-bond acceptors (Lipinski definition) is 3. The maximum absolute atomic E-state index is 5.97. The second kappa shape index (κ2) is 5.81. The Kier molecular flexibility index (Phi) is 4.10. The minimum Gasteiger partial charge on any atom is -0.328 e. The third kappa shape index (κ3) is 3.12. The van der Waals surface area contributed by atoms with E-state index in [9.17, 15) is 0 Å². The molecule has 0 unspecified atom stereocenters. The topological polar surface area (TPSA) is 38.9 Å². The zero-order valence-corrected chi connectivity index (χ0v) is 13.1. The van der Waals surface area contributed by atoms with Crippen LogP contribution in [0.3, 0.4) is 0 Å². The van der Waals surface area contributed by atoms with E-state index in [1.807, 2.05) is 24.2 Å². The second-order valence-corrected chi connectivity index (χ2v) is 7.36. The van der Waals surface area contributed by atoms with Crippen LogP contribution >= 0.6 is 27.7 Å². The average Bonchev–Trinajstić information content (AvgIpc) is 2.42. The largest absolute Gasteiger partial charge is 0.328 e. The molecule has 0 saturated heterocycles. The van der Waals surface area contributed by atoms with Crippen molar-refractivity contribution in [1.82, 2.24) is 4.98 Å². The lowest BCUT2D eigenvalue weighted by Gasteiger charge is -2.25. The lowest BCUT2D eigenvalue weighted by molar-refractivity contribution is 0.451. The summed E-state index contributed by atoms with van der Waals surface area (Å²) in [6.07, 6.45) is 8.54. The molecule has 1 fully saturated rings. The number of nitrogens with two attached hydrogens (primary N) is 1. The zero-order chi connectivity index (χ0) is 13.2. The number of pyridine rings is 1. The molecule has 3 rings (SSSR count). The van der Waals surface area contributed by atoms with Crippen LogP contribution in [0, 0.1) is 0 Å². The van der Waals surface area contributed by atoms with Gasteiger partial charge < -0.3 is 5.73 Å².